The summed E-state index contributed by atoms with van der Waals surface area (Å²) in [7, 11) is 0. The molecule has 1 aliphatic heterocycles. The molecule has 1 aliphatic rings. The first kappa shape index (κ1) is 19.6. The molecule has 0 aliphatic carbocycles. The van der Waals surface area contributed by atoms with Crippen LogP contribution in [-0.4, -0.2) is 25.2 Å². The van der Waals surface area contributed by atoms with E-state index in [2.05, 4.69) is 29.9 Å². The molecule has 3 N–H and O–H groups in total. The molecule has 1 atom stereocenters. The van der Waals surface area contributed by atoms with Crippen molar-refractivity contribution >= 4 is 29.9 Å². The first-order chi connectivity index (χ1) is 10.5. The Kier molecular flexibility index (Phi) is 7.67. The Hall–Kier alpha value is -1.44. The summed E-state index contributed by atoms with van der Waals surface area (Å²) in [6, 6.07) is 4.07. The van der Waals surface area contributed by atoms with Crippen LogP contribution >= 0.6 is 24.0 Å². The van der Waals surface area contributed by atoms with E-state index in [9.17, 15) is 0 Å². The van der Waals surface area contributed by atoms with Crippen LogP contribution in [0.25, 0.3) is 0 Å². The van der Waals surface area contributed by atoms with E-state index < -0.39 is 0 Å². The van der Waals surface area contributed by atoms with Gasteiger partial charge >= 0.3 is 0 Å². The Morgan fingerprint density at radius 1 is 1.52 bits per heavy atom. The second kappa shape index (κ2) is 9.00. The van der Waals surface area contributed by atoms with Gasteiger partial charge in [0.1, 0.15) is 17.6 Å². The van der Waals surface area contributed by atoms with Gasteiger partial charge in [-0.05, 0) is 32.9 Å². The Balaban J connectivity index is 0.00000264. The summed E-state index contributed by atoms with van der Waals surface area (Å²) in [5.74, 6) is 2.19. The van der Waals surface area contributed by atoms with Crippen LogP contribution < -0.4 is 20.5 Å². The molecular weight excluding hydrogens is 405 g/mol. The van der Waals surface area contributed by atoms with Gasteiger partial charge in [-0.15, -0.1) is 24.0 Å². The minimum Gasteiger partial charge on any atom is -0.494 e. The molecule has 0 radical (unpaired) electrons. The molecule has 0 saturated carbocycles. The Labute approximate surface area is 155 Å². The van der Waals surface area contributed by atoms with E-state index in [4.69, 9.17) is 15.2 Å². The van der Waals surface area contributed by atoms with E-state index in [-0.39, 0.29) is 30.1 Å². The van der Waals surface area contributed by atoms with Gasteiger partial charge in [-0.2, -0.15) is 0 Å². The molecule has 23 heavy (non-hydrogen) atoms. The maximum atomic E-state index is 5.85. The maximum Gasteiger partial charge on any atom is 0.189 e. The fourth-order valence-corrected chi connectivity index (χ4v) is 2.36. The summed E-state index contributed by atoms with van der Waals surface area (Å²) >= 11 is 0. The van der Waals surface area contributed by atoms with Gasteiger partial charge in [-0.1, -0.05) is 12.2 Å². The lowest BCUT2D eigenvalue weighted by atomic mass is 10.1. The van der Waals surface area contributed by atoms with Crippen LogP contribution in [0.4, 0.5) is 0 Å². The smallest absolute Gasteiger partial charge is 0.189 e. The van der Waals surface area contributed by atoms with Crippen LogP contribution in [0, 0.1) is 0 Å². The van der Waals surface area contributed by atoms with E-state index >= 15 is 0 Å². The zero-order chi connectivity index (χ0) is 16.1. The molecule has 5 nitrogen and oxygen atoms in total. The zero-order valence-corrected chi connectivity index (χ0v) is 16.3. The molecule has 1 unspecified atom stereocenters. The van der Waals surface area contributed by atoms with Crippen molar-refractivity contribution < 1.29 is 9.47 Å². The van der Waals surface area contributed by atoms with E-state index in [1.807, 2.05) is 19.9 Å². The molecule has 6 heteroatoms. The van der Waals surface area contributed by atoms with E-state index in [0.29, 0.717) is 25.7 Å². The number of nitrogens with two attached hydrogens (primary N) is 1. The van der Waals surface area contributed by atoms with Crippen molar-refractivity contribution in [1.82, 2.24) is 5.32 Å². The number of guanidine groups is 1. The predicted octanol–water partition coefficient (Wildman–Crippen LogP) is 3.01. The van der Waals surface area contributed by atoms with Gasteiger partial charge in [0.2, 0.25) is 0 Å². The summed E-state index contributed by atoms with van der Waals surface area (Å²) in [5.41, 5.74) is 9.03. The number of ether oxygens (including phenoxy) is 2. The topological polar surface area (TPSA) is 68.9 Å². The Bertz CT molecular complexity index is 587. The molecule has 2 rings (SSSR count). The average molecular weight is 431 g/mol. The number of rotatable bonds is 6. The van der Waals surface area contributed by atoms with Crippen LogP contribution in [0.2, 0.25) is 0 Å². The lowest BCUT2D eigenvalue weighted by molar-refractivity contribution is 0.254. The number of nitrogens with zero attached hydrogens (tertiary/aromatic N) is 1. The molecule has 1 aromatic carbocycles. The molecule has 0 fully saturated rings. The van der Waals surface area contributed by atoms with E-state index in [1.54, 1.807) is 0 Å². The predicted molar refractivity (Wildman–Crippen MR) is 105 cm³/mol. The van der Waals surface area contributed by atoms with Crippen molar-refractivity contribution in [2.24, 2.45) is 10.7 Å². The number of nitrogens with one attached hydrogen (secondary N) is 1. The second-order valence-electron chi connectivity index (χ2n) is 5.65. The molecule has 0 bridgehead atoms. The van der Waals surface area contributed by atoms with Crippen LogP contribution in [0.1, 0.15) is 31.9 Å². The number of benzene rings is 1. The van der Waals surface area contributed by atoms with Gasteiger partial charge < -0.3 is 20.5 Å². The monoisotopic (exact) mass is 431 g/mol. The number of hydrogen-bond acceptors (Lipinski definition) is 3. The summed E-state index contributed by atoms with van der Waals surface area (Å²) in [5, 5.41) is 3.02. The maximum absolute atomic E-state index is 5.85. The quantitative estimate of drug-likeness (QED) is 0.315. The highest BCUT2D eigenvalue weighted by molar-refractivity contribution is 14.0. The van der Waals surface area contributed by atoms with Gasteiger partial charge in [0.25, 0.3) is 0 Å². The van der Waals surface area contributed by atoms with Crippen LogP contribution in [0.15, 0.2) is 29.3 Å². The van der Waals surface area contributed by atoms with Crippen molar-refractivity contribution in [1.29, 1.82) is 0 Å². The fourth-order valence-electron chi connectivity index (χ4n) is 2.36. The third-order valence-corrected chi connectivity index (χ3v) is 3.37. The average Bonchev–Trinajstić information content (AvgIpc) is 2.82. The van der Waals surface area contributed by atoms with Gasteiger partial charge in [0.05, 0.1) is 13.2 Å². The third-order valence-electron chi connectivity index (χ3n) is 3.37. The van der Waals surface area contributed by atoms with Crippen LogP contribution in [-0.2, 0) is 13.0 Å². The molecule has 1 aromatic rings. The minimum atomic E-state index is 0. The van der Waals surface area contributed by atoms with E-state index in [1.165, 1.54) is 5.56 Å². The normalized spacial score (nSPS) is 16.1. The lowest BCUT2D eigenvalue weighted by Crippen LogP contribution is -2.32. The number of fused-ring (bicyclic) bond motifs is 1. The largest absolute Gasteiger partial charge is 0.494 e. The fraction of sp³-hybridized carbons (Fsp3) is 0.471. The zero-order valence-electron chi connectivity index (χ0n) is 14.0. The third kappa shape index (κ3) is 5.60. The number of halogens is 1. The van der Waals surface area contributed by atoms with Gasteiger partial charge in [-0.3, -0.25) is 0 Å². The highest BCUT2D eigenvalue weighted by atomic mass is 127. The number of hydrogen-bond donors (Lipinski definition) is 2. The van der Waals surface area contributed by atoms with E-state index in [0.717, 1.165) is 29.1 Å². The van der Waals surface area contributed by atoms with Gasteiger partial charge in [0, 0.05) is 24.1 Å². The van der Waals surface area contributed by atoms with Crippen LogP contribution in [0.3, 0.4) is 0 Å². The molecule has 1 heterocycles. The molecular formula is C17H26IN3O2. The standard InChI is InChI=1S/C17H25N3O2.HI/c1-5-21-15-7-13-6-12(4)22-16(13)8-14(15)10-20-17(18)19-9-11(2)3;/h7-8,12H,2,5-6,9-10H2,1,3-4H3,(H3,18,19,20);1H. The van der Waals surface area contributed by atoms with Crippen LogP contribution in [0.5, 0.6) is 11.5 Å². The second-order valence-corrected chi connectivity index (χ2v) is 5.65. The lowest BCUT2D eigenvalue weighted by Gasteiger charge is -2.12. The summed E-state index contributed by atoms with van der Waals surface area (Å²) < 4.78 is 11.5. The SMILES string of the molecule is C=C(C)CNC(N)=NCc1cc2c(cc1OCC)CC(C)O2.I. The van der Waals surface area contributed by atoms with Crippen molar-refractivity contribution in [3.63, 3.8) is 0 Å². The first-order valence-electron chi connectivity index (χ1n) is 7.63. The molecule has 128 valence electrons. The van der Waals surface area contributed by atoms with Crippen molar-refractivity contribution in [3.8, 4) is 11.5 Å². The summed E-state index contributed by atoms with van der Waals surface area (Å²) in [6.07, 6.45) is 1.13. The van der Waals surface area contributed by atoms with Crippen molar-refractivity contribution in [3.05, 3.63) is 35.4 Å². The molecule has 0 spiro atoms. The van der Waals surface area contributed by atoms with Crippen molar-refractivity contribution in [2.45, 2.75) is 39.8 Å². The summed E-state index contributed by atoms with van der Waals surface area (Å²) in [4.78, 5) is 4.36. The number of aliphatic imine (C=N–C) groups is 1. The molecule has 0 amide bonds. The Morgan fingerprint density at radius 3 is 2.91 bits per heavy atom. The Morgan fingerprint density at radius 2 is 2.26 bits per heavy atom. The summed E-state index contributed by atoms with van der Waals surface area (Å²) in [6.45, 7) is 11.5. The minimum absolute atomic E-state index is 0. The van der Waals surface area contributed by atoms with Gasteiger partial charge in [-0.25, -0.2) is 4.99 Å². The van der Waals surface area contributed by atoms with Gasteiger partial charge in [0.15, 0.2) is 5.96 Å². The van der Waals surface area contributed by atoms with Crippen molar-refractivity contribution in [2.75, 3.05) is 13.2 Å². The first-order valence-corrected chi connectivity index (χ1v) is 7.63. The highest BCUT2D eigenvalue weighted by Crippen LogP contribution is 2.35. The highest BCUT2D eigenvalue weighted by Gasteiger charge is 2.21. The molecule has 0 saturated heterocycles. The molecule has 0 aromatic heterocycles.